The number of rotatable bonds is 4. The molecule has 0 fully saturated rings. The number of benzene rings is 1. The summed E-state index contributed by atoms with van der Waals surface area (Å²) in [7, 11) is 0. The van der Waals surface area contributed by atoms with Crippen molar-refractivity contribution in [2.45, 2.75) is 20.3 Å². The van der Waals surface area contributed by atoms with E-state index in [9.17, 15) is 0 Å². The first kappa shape index (κ1) is 10.2. The highest BCUT2D eigenvalue weighted by atomic mass is 16.3. The number of aromatic nitrogens is 1. The lowest BCUT2D eigenvalue weighted by Crippen LogP contribution is -2.16. The first-order valence-electron chi connectivity index (χ1n) is 5.37. The highest BCUT2D eigenvalue weighted by molar-refractivity contribution is 5.76. The van der Waals surface area contributed by atoms with Gasteiger partial charge in [0.15, 0.2) is 11.5 Å². The zero-order valence-electron chi connectivity index (χ0n) is 9.21. The first-order valence-corrected chi connectivity index (χ1v) is 5.37. The molecule has 0 saturated heterocycles. The van der Waals surface area contributed by atoms with Crippen LogP contribution in [0.3, 0.4) is 0 Å². The molecule has 0 unspecified atom stereocenters. The number of aryl methyl sites for hydroxylation is 1. The second-order valence-corrected chi connectivity index (χ2v) is 3.63. The minimum absolute atomic E-state index is 0.820. The number of hydrogen-bond donors (Lipinski definition) is 1. The molecule has 0 bridgehead atoms. The molecule has 1 heterocycles. The van der Waals surface area contributed by atoms with E-state index >= 15 is 0 Å². The molecule has 15 heavy (non-hydrogen) atoms. The van der Waals surface area contributed by atoms with Crippen molar-refractivity contribution < 1.29 is 4.42 Å². The van der Waals surface area contributed by atoms with Crippen molar-refractivity contribution in [1.29, 1.82) is 0 Å². The molecule has 0 amide bonds. The molecule has 0 saturated carbocycles. The predicted molar refractivity (Wildman–Crippen MR) is 61.0 cm³/mol. The highest BCUT2D eigenvalue weighted by Gasteiger charge is 2.06. The molecule has 1 N–H and O–H groups in total. The van der Waals surface area contributed by atoms with E-state index in [0.29, 0.717) is 0 Å². The van der Waals surface area contributed by atoms with Crippen LogP contribution in [0.4, 0.5) is 0 Å². The van der Waals surface area contributed by atoms with Gasteiger partial charge in [0, 0.05) is 13.0 Å². The van der Waals surface area contributed by atoms with Crippen LogP contribution < -0.4 is 5.32 Å². The maximum Gasteiger partial charge on any atom is 0.196 e. The van der Waals surface area contributed by atoms with Crippen molar-refractivity contribution in [3.8, 4) is 0 Å². The van der Waals surface area contributed by atoms with Crippen LogP contribution >= 0.6 is 0 Å². The standard InChI is InChI=1S/C12H16N2O/c1-3-13-8-7-11-14-12-9(2)5-4-6-10(12)15-11/h4-6,13H,3,7-8H2,1-2H3. The number of nitrogens with one attached hydrogen (secondary N) is 1. The predicted octanol–water partition coefficient (Wildman–Crippen LogP) is 2.29. The average Bonchev–Trinajstić information content (AvgIpc) is 2.63. The Labute approximate surface area is 89.5 Å². The molecule has 0 spiro atoms. The zero-order chi connectivity index (χ0) is 10.7. The summed E-state index contributed by atoms with van der Waals surface area (Å²) in [5, 5.41) is 3.26. The summed E-state index contributed by atoms with van der Waals surface area (Å²) in [5.74, 6) is 0.820. The lowest BCUT2D eigenvalue weighted by Gasteiger charge is -1.95. The van der Waals surface area contributed by atoms with Crippen LogP contribution in [0.1, 0.15) is 18.4 Å². The van der Waals surface area contributed by atoms with Crippen LogP contribution in [0.25, 0.3) is 11.1 Å². The fraction of sp³-hybridized carbons (Fsp3) is 0.417. The Balaban J connectivity index is 2.20. The van der Waals surface area contributed by atoms with E-state index in [1.54, 1.807) is 0 Å². The normalized spacial score (nSPS) is 11.1. The third-order valence-corrected chi connectivity index (χ3v) is 2.43. The van der Waals surface area contributed by atoms with Gasteiger partial charge in [0.1, 0.15) is 5.52 Å². The summed E-state index contributed by atoms with van der Waals surface area (Å²) < 4.78 is 5.64. The Hall–Kier alpha value is -1.35. The number of fused-ring (bicyclic) bond motifs is 1. The SMILES string of the molecule is CCNCCc1nc2c(C)cccc2o1. The molecule has 0 aliphatic heterocycles. The van der Waals surface area contributed by atoms with Gasteiger partial charge in [-0.05, 0) is 25.1 Å². The van der Waals surface area contributed by atoms with E-state index < -0.39 is 0 Å². The molecule has 3 heteroatoms. The molecule has 80 valence electrons. The molecule has 3 nitrogen and oxygen atoms in total. The van der Waals surface area contributed by atoms with Gasteiger partial charge >= 0.3 is 0 Å². The zero-order valence-corrected chi connectivity index (χ0v) is 9.21. The van der Waals surface area contributed by atoms with Crippen LogP contribution in [0.5, 0.6) is 0 Å². The summed E-state index contributed by atoms with van der Waals surface area (Å²) in [4.78, 5) is 4.48. The van der Waals surface area contributed by atoms with Gasteiger partial charge in [-0.2, -0.15) is 0 Å². The molecule has 1 aromatic carbocycles. The molecule has 0 atom stereocenters. The van der Waals surface area contributed by atoms with Gasteiger partial charge in [-0.3, -0.25) is 0 Å². The van der Waals surface area contributed by atoms with Crippen molar-refractivity contribution in [3.05, 3.63) is 29.7 Å². The first-order chi connectivity index (χ1) is 7.31. The highest BCUT2D eigenvalue weighted by Crippen LogP contribution is 2.18. The Morgan fingerprint density at radius 2 is 2.27 bits per heavy atom. The van der Waals surface area contributed by atoms with Gasteiger partial charge in [-0.15, -0.1) is 0 Å². The third kappa shape index (κ3) is 2.18. The Kier molecular flexibility index (Phi) is 3.02. The minimum Gasteiger partial charge on any atom is -0.441 e. The second kappa shape index (κ2) is 4.45. The van der Waals surface area contributed by atoms with E-state index in [1.165, 1.54) is 5.56 Å². The Morgan fingerprint density at radius 1 is 1.40 bits per heavy atom. The molecule has 0 aliphatic rings. The van der Waals surface area contributed by atoms with Crippen LogP contribution in [-0.4, -0.2) is 18.1 Å². The number of oxazole rings is 1. The molecule has 0 aliphatic carbocycles. The summed E-state index contributed by atoms with van der Waals surface area (Å²) in [6, 6.07) is 6.02. The second-order valence-electron chi connectivity index (χ2n) is 3.63. The third-order valence-electron chi connectivity index (χ3n) is 2.43. The van der Waals surface area contributed by atoms with Crippen molar-refractivity contribution in [2.24, 2.45) is 0 Å². The minimum atomic E-state index is 0.820. The van der Waals surface area contributed by atoms with Crippen LogP contribution in [0.2, 0.25) is 0 Å². The summed E-state index contributed by atoms with van der Waals surface area (Å²) in [6.07, 6.45) is 0.849. The Bertz CT molecular complexity index is 448. The van der Waals surface area contributed by atoms with E-state index in [2.05, 4.69) is 30.2 Å². The monoisotopic (exact) mass is 204 g/mol. The number of hydrogen-bond acceptors (Lipinski definition) is 3. The van der Waals surface area contributed by atoms with Gasteiger partial charge in [-0.25, -0.2) is 4.98 Å². The van der Waals surface area contributed by atoms with Crippen molar-refractivity contribution in [3.63, 3.8) is 0 Å². The van der Waals surface area contributed by atoms with Crippen molar-refractivity contribution in [2.75, 3.05) is 13.1 Å². The van der Waals surface area contributed by atoms with Gasteiger partial charge in [0.05, 0.1) is 0 Å². The molecule has 1 aromatic heterocycles. The van der Waals surface area contributed by atoms with Gasteiger partial charge in [-0.1, -0.05) is 19.1 Å². The van der Waals surface area contributed by atoms with Crippen LogP contribution in [-0.2, 0) is 6.42 Å². The average molecular weight is 204 g/mol. The van der Waals surface area contributed by atoms with Gasteiger partial charge in [0.25, 0.3) is 0 Å². The van der Waals surface area contributed by atoms with Crippen LogP contribution in [0, 0.1) is 6.92 Å². The van der Waals surface area contributed by atoms with E-state index in [1.807, 2.05) is 12.1 Å². The molecular weight excluding hydrogens is 188 g/mol. The summed E-state index contributed by atoms with van der Waals surface area (Å²) >= 11 is 0. The molecule has 0 radical (unpaired) electrons. The molecule has 2 aromatic rings. The number of nitrogens with zero attached hydrogens (tertiary/aromatic N) is 1. The van der Waals surface area contributed by atoms with Crippen molar-refractivity contribution >= 4 is 11.1 Å². The van der Waals surface area contributed by atoms with E-state index in [0.717, 1.165) is 36.5 Å². The van der Waals surface area contributed by atoms with Crippen molar-refractivity contribution in [1.82, 2.24) is 10.3 Å². The topological polar surface area (TPSA) is 38.1 Å². The fourth-order valence-corrected chi connectivity index (χ4v) is 1.61. The smallest absolute Gasteiger partial charge is 0.196 e. The number of para-hydroxylation sites is 1. The quantitative estimate of drug-likeness (QED) is 0.776. The van der Waals surface area contributed by atoms with Gasteiger partial charge < -0.3 is 9.73 Å². The lowest BCUT2D eigenvalue weighted by atomic mass is 10.2. The Morgan fingerprint density at radius 3 is 3.00 bits per heavy atom. The van der Waals surface area contributed by atoms with E-state index in [-0.39, 0.29) is 0 Å². The maximum absolute atomic E-state index is 5.64. The number of likely N-dealkylation sites (N-methyl/N-ethyl adjacent to an activating group) is 1. The molecule has 2 rings (SSSR count). The van der Waals surface area contributed by atoms with Crippen LogP contribution in [0.15, 0.2) is 22.6 Å². The lowest BCUT2D eigenvalue weighted by molar-refractivity contribution is 0.517. The molecular formula is C12H16N2O. The van der Waals surface area contributed by atoms with Gasteiger partial charge in [0.2, 0.25) is 0 Å². The largest absolute Gasteiger partial charge is 0.441 e. The van der Waals surface area contributed by atoms with E-state index in [4.69, 9.17) is 4.42 Å². The summed E-state index contributed by atoms with van der Waals surface area (Å²) in [6.45, 7) is 6.05. The maximum atomic E-state index is 5.64. The summed E-state index contributed by atoms with van der Waals surface area (Å²) in [5.41, 5.74) is 3.05. The fourth-order valence-electron chi connectivity index (χ4n) is 1.61.